The van der Waals surface area contributed by atoms with E-state index >= 15 is 0 Å². The second-order valence-electron chi connectivity index (χ2n) is 5.37. The monoisotopic (exact) mass is 333 g/mol. The largest absolute Gasteiger partial charge is 0.326 e. The maximum Gasteiger partial charge on any atom is 0.252 e. The number of nitrogens with one attached hydrogen (secondary N) is 2. The number of benzene rings is 1. The molecule has 0 saturated carbocycles. The highest BCUT2D eigenvalue weighted by atomic mass is 35.5. The molecule has 8 heteroatoms. The number of aromatic nitrogens is 3. The molecule has 0 spiro atoms. The number of carbonyl (C=O) groups excluding carboxylic acids is 2. The number of rotatable bonds is 4. The van der Waals surface area contributed by atoms with Crippen LogP contribution in [0.1, 0.15) is 30.8 Å². The van der Waals surface area contributed by atoms with Crippen LogP contribution in [0, 0.1) is 6.92 Å². The minimum atomic E-state index is -0.683. The first-order valence-corrected chi connectivity index (χ1v) is 7.68. The number of amides is 2. The van der Waals surface area contributed by atoms with E-state index in [1.807, 2.05) is 19.9 Å². The van der Waals surface area contributed by atoms with Gasteiger partial charge in [0.05, 0.1) is 6.42 Å². The molecule has 0 radical (unpaired) electrons. The Morgan fingerprint density at radius 1 is 1.48 bits per heavy atom. The van der Waals surface area contributed by atoms with E-state index in [0.717, 1.165) is 5.56 Å². The number of halogens is 1. The predicted octanol–water partition coefficient (Wildman–Crippen LogP) is 2.32. The standard InChI is InChI=1S/C15H16ClN5O2/c1-3-12-18-15-19-14(23)11(21(15)20-12)7-13(22)17-10-6-9(16)5-4-8(10)2/h4-6,11H,3,7H2,1-2H3,(H,17,22)(H,18,19,20,23)/t11-/m1/s1. The van der Waals surface area contributed by atoms with Gasteiger partial charge < -0.3 is 5.32 Å². The maximum atomic E-state index is 12.3. The van der Waals surface area contributed by atoms with Crippen LogP contribution in [-0.4, -0.2) is 26.6 Å². The molecule has 120 valence electrons. The third kappa shape index (κ3) is 3.05. The van der Waals surface area contributed by atoms with Crippen molar-refractivity contribution < 1.29 is 9.59 Å². The molecule has 2 N–H and O–H groups in total. The van der Waals surface area contributed by atoms with Crippen molar-refractivity contribution in [1.29, 1.82) is 0 Å². The lowest BCUT2D eigenvalue weighted by atomic mass is 10.1. The Labute approximate surface area is 138 Å². The van der Waals surface area contributed by atoms with Crippen LogP contribution >= 0.6 is 11.6 Å². The molecular formula is C15H16ClN5O2. The van der Waals surface area contributed by atoms with Crippen molar-refractivity contribution in [3.63, 3.8) is 0 Å². The fraction of sp³-hybridized carbons (Fsp3) is 0.333. The van der Waals surface area contributed by atoms with Crippen LogP contribution in [0.5, 0.6) is 0 Å². The maximum absolute atomic E-state index is 12.3. The van der Waals surface area contributed by atoms with Gasteiger partial charge in [-0.1, -0.05) is 24.6 Å². The zero-order valence-corrected chi connectivity index (χ0v) is 13.5. The number of hydrogen-bond donors (Lipinski definition) is 2. The molecule has 7 nitrogen and oxygen atoms in total. The van der Waals surface area contributed by atoms with Crippen LogP contribution in [-0.2, 0) is 16.0 Å². The summed E-state index contributed by atoms with van der Waals surface area (Å²) in [6.07, 6.45) is 0.647. The van der Waals surface area contributed by atoms with E-state index in [-0.39, 0.29) is 18.2 Å². The Kier molecular flexibility index (Phi) is 4.04. The molecule has 2 aromatic rings. The summed E-state index contributed by atoms with van der Waals surface area (Å²) in [6.45, 7) is 3.80. The number of carbonyl (C=O) groups is 2. The number of nitrogens with zero attached hydrogens (tertiary/aromatic N) is 3. The summed E-state index contributed by atoms with van der Waals surface area (Å²) in [5.41, 5.74) is 1.53. The van der Waals surface area contributed by atoms with Crippen molar-refractivity contribution in [3.05, 3.63) is 34.6 Å². The van der Waals surface area contributed by atoms with Gasteiger partial charge in [-0.05, 0) is 24.6 Å². The van der Waals surface area contributed by atoms with Gasteiger partial charge in [-0.2, -0.15) is 10.1 Å². The van der Waals surface area contributed by atoms with Crippen LogP contribution in [0.3, 0.4) is 0 Å². The van der Waals surface area contributed by atoms with Gasteiger partial charge in [0.15, 0.2) is 5.82 Å². The first-order valence-electron chi connectivity index (χ1n) is 7.30. The van der Waals surface area contributed by atoms with Crippen molar-refractivity contribution in [2.45, 2.75) is 32.7 Å². The molecule has 1 aliphatic rings. The van der Waals surface area contributed by atoms with Crippen LogP contribution in [0.4, 0.5) is 11.6 Å². The zero-order valence-electron chi connectivity index (χ0n) is 12.8. The second kappa shape index (κ2) is 6.00. The number of hydrogen-bond acceptors (Lipinski definition) is 4. The van der Waals surface area contributed by atoms with E-state index in [2.05, 4.69) is 20.7 Å². The van der Waals surface area contributed by atoms with Crippen molar-refractivity contribution in [2.24, 2.45) is 0 Å². The van der Waals surface area contributed by atoms with Crippen molar-refractivity contribution in [3.8, 4) is 0 Å². The van der Waals surface area contributed by atoms with Gasteiger partial charge in [0.25, 0.3) is 5.91 Å². The lowest BCUT2D eigenvalue weighted by Gasteiger charge is -2.11. The van der Waals surface area contributed by atoms with Gasteiger partial charge in [-0.3, -0.25) is 14.9 Å². The molecule has 1 atom stereocenters. The highest BCUT2D eigenvalue weighted by molar-refractivity contribution is 6.31. The van der Waals surface area contributed by atoms with E-state index in [9.17, 15) is 9.59 Å². The van der Waals surface area contributed by atoms with E-state index < -0.39 is 6.04 Å². The molecule has 0 unspecified atom stereocenters. The lowest BCUT2D eigenvalue weighted by Crippen LogP contribution is -2.24. The van der Waals surface area contributed by atoms with Gasteiger partial charge in [0, 0.05) is 17.1 Å². The Balaban J connectivity index is 1.74. The first-order chi connectivity index (χ1) is 11.0. The predicted molar refractivity (Wildman–Crippen MR) is 86.5 cm³/mol. The fourth-order valence-corrected chi connectivity index (χ4v) is 2.58. The smallest absolute Gasteiger partial charge is 0.252 e. The van der Waals surface area contributed by atoms with E-state index in [1.165, 1.54) is 4.68 Å². The SMILES string of the molecule is CCc1nc2n(n1)[C@H](CC(=O)Nc1cc(Cl)ccc1C)C(=O)N2. The summed E-state index contributed by atoms with van der Waals surface area (Å²) in [5.74, 6) is 0.470. The molecule has 1 aliphatic heterocycles. The van der Waals surface area contributed by atoms with Crippen LogP contribution < -0.4 is 10.6 Å². The third-order valence-electron chi connectivity index (χ3n) is 3.68. The normalized spacial score (nSPS) is 16.1. The van der Waals surface area contributed by atoms with Gasteiger partial charge in [0.2, 0.25) is 11.9 Å². The van der Waals surface area contributed by atoms with Gasteiger partial charge in [-0.25, -0.2) is 4.68 Å². The molecule has 0 fully saturated rings. The summed E-state index contributed by atoms with van der Waals surface area (Å²) in [7, 11) is 0. The van der Waals surface area contributed by atoms with Crippen molar-refractivity contribution in [2.75, 3.05) is 10.6 Å². The molecule has 1 aromatic carbocycles. The fourth-order valence-electron chi connectivity index (χ4n) is 2.41. The Morgan fingerprint density at radius 2 is 2.26 bits per heavy atom. The molecule has 2 heterocycles. The molecule has 3 rings (SSSR count). The minimum Gasteiger partial charge on any atom is -0.326 e. The Morgan fingerprint density at radius 3 is 3.00 bits per heavy atom. The molecule has 0 aliphatic carbocycles. The molecule has 0 bridgehead atoms. The summed E-state index contributed by atoms with van der Waals surface area (Å²) < 4.78 is 1.48. The zero-order chi connectivity index (χ0) is 16.6. The summed E-state index contributed by atoms with van der Waals surface area (Å²) in [4.78, 5) is 28.5. The van der Waals surface area contributed by atoms with E-state index in [4.69, 9.17) is 11.6 Å². The third-order valence-corrected chi connectivity index (χ3v) is 3.91. The Bertz CT molecular complexity index is 786. The Hall–Kier alpha value is -2.41. The van der Waals surface area contributed by atoms with Gasteiger partial charge in [0.1, 0.15) is 6.04 Å². The summed E-state index contributed by atoms with van der Waals surface area (Å²) in [6, 6.07) is 4.57. The highest BCUT2D eigenvalue weighted by Gasteiger charge is 2.34. The molecule has 23 heavy (non-hydrogen) atoms. The molecule has 0 saturated heterocycles. The van der Waals surface area contributed by atoms with Gasteiger partial charge >= 0.3 is 0 Å². The molecular weight excluding hydrogens is 318 g/mol. The summed E-state index contributed by atoms with van der Waals surface area (Å²) in [5, 5.41) is 10.2. The molecule has 2 amide bonds. The average Bonchev–Trinajstić information content (AvgIpc) is 3.02. The quantitative estimate of drug-likeness (QED) is 0.898. The number of aryl methyl sites for hydroxylation is 2. The number of fused-ring (bicyclic) bond motifs is 1. The van der Waals surface area contributed by atoms with E-state index in [1.54, 1.807) is 12.1 Å². The number of anilines is 2. The van der Waals surface area contributed by atoms with Gasteiger partial charge in [-0.15, -0.1) is 0 Å². The average molecular weight is 334 g/mol. The van der Waals surface area contributed by atoms with Crippen molar-refractivity contribution >= 4 is 35.1 Å². The van der Waals surface area contributed by atoms with Crippen LogP contribution in [0.2, 0.25) is 5.02 Å². The second-order valence-corrected chi connectivity index (χ2v) is 5.80. The van der Waals surface area contributed by atoms with Crippen LogP contribution in [0.15, 0.2) is 18.2 Å². The minimum absolute atomic E-state index is 0.0166. The topological polar surface area (TPSA) is 88.9 Å². The van der Waals surface area contributed by atoms with Crippen LogP contribution in [0.25, 0.3) is 0 Å². The molecule has 1 aromatic heterocycles. The lowest BCUT2D eigenvalue weighted by molar-refractivity contribution is -0.123. The van der Waals surface area contributed by atoms with E-state index in [0.29, 0.717) is 28.9 Å². The highest BCUT2D eigenvalue weighted by Crippen LogP contribution is 2.26. The summed E-state index contributed by atoms with van der Waals surface area (Å²) >= 11 is 5.94. The first kappa shape index (κ1) is 15.5. The van der Waals surface area contributed by atoms with Crippen molar-refractivity contribution in [1.82, 2.24) is 14.8 Å².